The summed E-state index contributed by atoms with van der Waals surface area (Å²) in [5, 5.41) is 18.4. The molecule has 0 saturated heterocycles. The van der Waals surface area contributed by atoms with Crippen molar-refractivity contribution >= 4 is 28.3 Å². The highest BCUT2D eigenvalue weighted by Crippen LogP contribution is 2.15. The molecule has 0 bridgehead atoms. The predicted molar refractivity (Wildman–Crippen MR) is 78.1 cm³/mol. The first kappa shape index (κ1) is 15.1. The standard InChI is InChI=1S/C12H16N6O2S/c1-3-10-16-17-12(21-10)15-9(19)5-6-13-11(20)8-4-7-14-18(8)2/h4,7H,3,5-6H2,1-2H3,(H,13,20)(H,15,17,19). The van der Waals surface area contributed by atoms with E-state index in [4.69, 9.17) is 0 Å². The lowest BCUT2D eigenvalue weighted by Gasteiger charge is -2.05. The second-order valence-corrected chi connectivity index (χ2v) is 5.31. The molecule has 2 N–H and O–H groups in total. The van der Waals surface area contributed by atoms with E-state index in [-0.39, 0.29) is 24.8 Å². The van der Waals surface area contributed by atoms with Gasteiger partial charge in [0.2, 0.25) is 11.0 Å². The van der Waals surface area contributed by atoms with Crippen LogP contribution in [0.4, 0.5) is 5.13 Å². The molecule has 0 spiro atoms. The minimum absolute atomic E-state index is 0.171. The Hall–Kier alpha value is -2.29. The number of rotatable bonds is 6. The number of aryl methyl sites for hydroxylation is 2. The van der Waals surface area contributed by atoms with Crippen molar-refractivity contribution in [1.82, 2.24) is 25.3 Å². The molecule has 0 aliphatic rings. The summed E-state index contributed by atoms with van der Waals surface area (Å²) >= 11 is 1.35. The Morgan fingerprint density at radius 1 is 1.38 bits per heavy atom. The maximum atomic E-state index is 11.8. The van der Waals surface area contributed by atoms with Gasteiger partial charge in [0.1, 0.15) is 10.7 Å². The normalized spacial score (nSPS) is 10.4. The average Bonchev–Trinajstić information content (AvgIpc) is 3.07. The van der Waals surface area contributed by atoms with Gasteiger partial charge in [-0.3, -0.25) is 14.3 Å². The maximum absolute atomic E-state index is 11.8. The molecule has 0 atom stereocenters. The molecule has 0 aromatic carbocycles. The molecule has 112 valence electrons. The zero-order valence-corrected chi connectivity index (χ0v) is 12.6. The third-order valence-electron chi connectivity index (χ3n) is 2.71. The fraction of sp³-hybridized carbons (Fsp3) is 0.417. The van der Waals surface area contributed by atoms with Crippen LogP contribution in [0.25, 0.3) is 0 Å². The van der Waals surface area contributed by atoms with Crippen molar-refractivity contribution in [3.8, 4) is 0 Å². The van der Waals surface area contributed by atoms with Crippen molar-refractivity contribution in [3.63, 3.8) is 0 Å². The summed E-state index contributed by atoms with van der Waals surface area (Å²) in [7, 11) is 1.68. The fourth-order valence-corrected chi connectivity index (χ4v) is 2.30. The maximum Gasteiger partial charge on any atom is 0.269 e. The number of amides is 2. The molecular formula is C12H16N6O2S. The van der Waals surface area contributed by atoms with E-state index in [9.17, 15) is 9.59 Å². The third-order valence-corrected chi connectivity index (χ3v) is 3.69. The van der Waals surface area contributed by atoms with Crippen LogP contribution in [0.5, 0.6) is 0 Å². The van der Waals surface area contributed by atoms with Gasteiger partial charge in [0.25, 0.3) is 5.91 Å². The number of hydrogen-bond acceptors (Lipinski definition) is 6. The van der Waals surface area contributed by atoms with Crippen LogP contribution in [0.1, 0.15) is 28.8 Å². The van der Waals surface area contributed by atoms with Gasteiger partial charge in [-0.15, -0.1) is 10.2 Å². The minimum atomic E-state index is -0.257. The highest BCUT2D eigenvalue weighted by molar-refractivity contribution is 7.15. The van der Waals surface area contributed by atoms with Crippen LogP contribution in [0.15, 0.2) is 12.3 Å². The number of carbonyl (C=O) groups excluding carboxylic acids is 2. The highest BCUT2D eigenvalue weighted by Gasteiger charge is 2.11. The van der Waals surface area contributed by atoms with E-state index in [1.54, 1.807) is 19.3 Å². The molecule has 2 aromatic rings. The van der Waals surface area contributed by atoms with Crippen LogP contribution in [0.3, 0.4) is 0 Å². The van der Waals surface area contributed by atoms with E-state index in [1.165, 1.54) is 16.0 Å². The first-order valence-corrected chi connectivity index (χ1v) is 7.30. The van der Waals surface area contributed by atoms with Crippen molar-refractivity contribution < 1.29 is 9.59 Å². The average molecular weight is 308 g/mol. The van der Waals surface area contributed by atoms with Gasteiger partial charge in [-0.25, -0.2) is 0 Å². The molecule has 0 unspecified atom stereocenters. The Labute approximate surface area is 125 Å². The summed E-state index contributed by atoms with van der Waals surface area (Å²) in [5.74, 6) is -0.467. The van der Waals surface area contributed by atoms with E-state index >= 15 is 0 Å². The molecular weight excluding hydrogens is 292 g/mol. The second-order valence-electron chi connectivity index (χ2n) is 4.25. The minimum Gasteiger partial charge on any atom is -0.350 e. The second kappa shape index (κ2) is 6.93. The number of carbonyl (C=O) groups is 2. The van der Waals surface area contributed by atoms with Gasteiger partial charge in [-0.1, -0.05) is 18.3 Å². The molecule has 0 radical (unpaired) electrons. The van der Waals surface area contributed by atoms with Crippen molar-refractivity contribution in [2.45, 2.75) is 19.8 Å². The highest BCUT2D eigenvalue weighted by atomic mass is 32.1. The smallest absolute Gasteiger partial charge is 0.269 e. The molecule has 0 fully saturated rings. The van der Waals surface area contributed by atoms with Gasteiger partial charge >= 0.3 is 0 Å². The monoisotopic (exact) mass is 308 g/mol. The Balaban J connectivity index is 1.74. The topological polar surface area (TPSA) is 102 Å². The molecule has 0 saturated carbocycles. The van der Waals surface area contributed by atoms with Gasteiger partial charge in [-0.05, 0) is 12.5 Å². The third kappa shape index (κ3) is 4.09. The Kier molecular flexibility index (Phi) is 4.99. The van der Waals surface area contributed by atoms with E-state index in [1.807, 2.05) is 6.92 Å². The molecule has 2 aromatic heterocycles. The number of aromatic nitrogens is 4. The van der Waals surface area contributed by atoms with Crippen LogP contribution >= 0.6 is 11.3 Å². The Morgan fingerprint density at radius 3 is 2.81 bits per heavy atom. The molecule has 8 nitrogen and oxygen atoms in total. The summed E-state index contributed by atoms with van der Waals surface area (Å²) in [6.07, 6.45) is 2.50. The first-order valence-electron chi connectivity index (χ1n) is 6.48. The summed E-state index contributed by atoms with van der Waals surface area (Å²) in [6, 6.07) is 1.61. The van der Waals surface area contributed by atoms with Gasteiger partial charge in [0.05, 0.1) is 0 Å². The fourth-order valence-electron chi connectivity index (χ4n) is 1.61. The molecule has 9 heteroatoms. The Morgan fingerprint density at radius 2 is 2.19 bits per heavy atom. The number of anilines is 1. The number of hydrogen-bond donors (Lipinski definition) is 2. The molecule has 0 aliphatic heterocycles. The van der Waals surface area contributed by atoms with Crippen LogP contribution in [-0.4, -0.2) is 38.3 Å². The van der Waals surface area contributed by atoms with Crippen LogP contribution in [0.2, 0.25) is 0 Å². The van der Waals surface area contributed by atoms with Gasteiger partial charge in [-0.2, -0.15) is 5.10 Å². The molecule has 2 amide bonds. The molecule has 2 rings (SSSR count). The predicted octanol–water partition coefficient (Wildman–Crippen LogP) is 0.593. The lowest BCUT2D eigenvalue weighted by Crippen LogP contribution is -2.29. The largest absolute Gasteiger partial charge is 0.350 e. The van der Waals surface area contributed by atoms with Crippen LogP contribution in [0, 0.1) is 0 Å². The van der Waals surface area contributed by atoms with Crippen molar-refractivity contribution in [2.75, 3.05) is 11.9 Å². The van der Waals surface area contributed by atoms with Crippen LogP contribution in [-0.2, 0) is 18.3 Å². The summed E-state index contributed by atoms with van der Waals surface area (Å²) < 4.78 is 1.48. The molecule has 2 heterocycles. The molecule has 21 heavy (non-hydrogen) atoms. The van der Waals surface area contributed by atoms with Crippen molar-refractivity contribution in [1.29, 1.82) is 0 Å². The van der Waals surface area contributed by atoms with E-state index < -0.39 is 0 Å². The summed E-state index contributed by atoms with van der Waals surface area (Å²) in [5.41, 5.74) is 0.451. The van der Waals surface area contributed by atoms with Crippen molar-refractivity contribution in [3.05, 3.63) is 23.0 Å². The lowest BCUT2D eigenvalue weighted by atomic mass is 10.3. The first-order chi connectivity index (χ1) is 10.1. The van der Waals surface area contributed by atoms with E-state index in [0.29, 0.717) is 10.8 Å². The summed E-state index contributed by atoms with van der Waals surface area (Å²) in [4.78, 5) is 23.5. The summed E-state index contributed by atoms with van der Waals surface area (Å²) in [6.45, 7) is 2.22. The quantitative estimate of drug-likeness (QED) is 0.813. The zero-order chi connectivity index (χ0) is 15.2. The van der Waals surface area contributed by atoms with Gasteiger partial charge in [0, 0.05) is 26.2 Å². The van der Waals surface area contributed by atoms with Gasteiger partial charge < -0.3 is 10.6 Å². The zero-order valence-electron chi connectivity index (χ0n) is 11.8. The SMILES string of the molecule is CCc1nnc(NC(=O)CCNC(=O)c2ccnn2C)s1. The van der Waals surface area contributed by atoms with E-state index in [2.05, 4.69) is 25.9 Å². The van der Waals surface area contributed by atoms with Gasteiger partial charge in [0.15, 0.2) is 0 Å². The number of nitrogens with one attached hydrogen (secondary N) is 2. The number of nitrogens with zero attached hydrogens (tertiary/aromatic N) is 4. The van der Waals surface area contributed by atoms with Crippen molar-refractivity contribution in [2.24, 2.45) is 7.05 Å². The molecule has 0 aliphatic carbocycles. The van der Waals surface area contributed by atoms with Crippen LogP contribution < -0.4 is 10.6 Å². The van der Waals surface area contributed by atoms with E-state index in [0.717, 1.165) is 11.4 Å². The Bertz CT molecular complexity index is 635. The lowest BCUT2D eigenvalue weighted by molar-refractivity contribution is -0.116.